The molecule has 45 heavy (non-hydrogen) atoms. The molecule has 1 amide bonds. The molecule has 0 spiro atoms. The molecule has 2 aromatic rings. The minimum Gasteiger partial charge on any atom is -0.475 e. The number of hydrogen-bond acceptors (Lipinski definition) is 9. The maximum atomic E-state index is 13.4. The van der Waals surface area contributed by atoms with E-state index in [2.05, 4.69) is 10.5 Å². The minimum absolute atomic E-state index is 0.00190. The molecule has 0 radical (unpaired) electrons. The van der Waals surface area contributed by atoms with Crippen LogP contribution in [0, 0.1) is 0 Å². The third-order valence-corrected chi connectivity index (χ3v) is 9.09. The van der Waals surface area contributed by atoms with Gasteiger partial charge in [0.25, 0.3) is 0 Å². The quantitative estimate of drug-likeness (QED) is 0.202. The Balaban J connectivity index is 0.000000900. The molecule has 0 bridgehead atoms. The van der Waals surface area contributed by atoms with Crippen LogP contribution in [-0.4, -0.2) is 74.6 Å². The number of primary sulfonamides is 1. The number of carboxylic acids is 1. The van der Waals surface area contributed by atoms with Crippen molar-refractivity contribution in [3.05, 3.63) is 70.4 Å². The standard InChI is InChI=1S/C24H28ClN5O6S2.C2HF3O2/c1-14-15(8-11-20(29-32)23(14)26)13-21(30(2)37(3,33)34)24(31)28-19-10-9-16(12-18(19)25)17-6-4-5-7-22(17)38(27,35)36;3-2(4,5)1(6)7/h4-10,12,21,32H,11,13,26H2,1-3H3,(H,28,31)(H2,27,35,36);(H,6,7)/t21-;/m0./s1. The van der Waals surface area contributed by atoms with Crippen molar-refractivity contribution in [2.24, 2.45) is 16.0 Å². The molecule has 0 aromatic heterocycles. The van der Waals surface area contributed by atoms with Crippen molar-refractivity contribution >= 4 is 54.9 Å². The zero-order chi connectivity index (χ0) is 34.5. The maximum absolute atomic E-state index is 13.4. The maximum Gasteiger partial charge on any atom is 0.490 e. The number of hydrogen-bond donors (Lipinski definition) is 5. The lowest BCUT2D eigenvalue weighted by molar-refractivity contribution is -0.192. The average Bonchev–Trinajstić information content (AvgIpc) is 2.93. The highest BCUT2D eigenvalue weighted by Gasteiger charge is 2.38. The molecule has 19 heteroatoms. The second-order valence-corrected chi connectivity index (χ2v) is 13.5. The number of oxime groups is 1. The molecule has 0 unspecified atom stereocenters. The van der Waals surface area contributed by atoms with Gasteiger partial charge in [0.15, 0.2) is 0 Å². The molecule has 1 atom stereocenters. The van der Waals surface area contributed by atoms with E-state index in [-0.39, 0.29) is 39.9 Å². The highest BCUT2D eigenvalue weighted by molar-refractivity contribution is 7.89. The molecule has 1 aliphatic rings. The fraction of sp³-hybridized carbons (Fsp3) is 0.269. The predicted octanol–water partition coefficient (Wildman–Crippen LogP) is 3.27. The summed E-state index contributed by atoms with van der Waals surface area (Å²) in [5.41, 5.74) is 8.74. The van der Waals surface area contributed by atoms with Crippen LogP contribution in [0.4, 0.5) is 18.9 Å². The number of anilines is 1. The van der Waals surface area contributed by atoms with Gasteiger partial charge in [0, 0.05) is 19.0 Å². The zero-order valence-corrected chi connectivity index (χ0v) is 26.2. The highest BCUT2D eigenvalue weighted by atomic mass is 35.5. The molecule has 0 aliphatic heterocycles. The first kappa shape index (κ1) is 37.2. The molecule has 0 saturated carbocycles. The molecule has 13 nitrogen and oxygen atoms in total. The summed E-state index contributed by atoms with van der Waals surface area (Å²) in [6, 6.07) is 9.51. The third kappa shape index (κ3) is 9.76. The molecule has 0 heterocycles. The number of carbonyl (C=O) groups excluding carboxylic acids is 1. The molecule has 1 aliphatic carbocycles. The summed E-state index contributed by atoms with van der Waals surface area (Å²) in [5.74, 6) is -3.40. The van der Waals surface area contributed by atoms with Gasteiger partial charge in [-0.3, -0.25) is 4.79 Å². The van der Waals surface area contributed by atoms with Gasteiger partial charge in [0.1, 0.15) is 11.8 Å². The zero-order valence-electron chi connectivity index (χ0n) is 23.8. The Morgan fingerprint density at radius 2 is 1.73 bits per heavy atom. The van der Waals surface area contributed by atoms with Crippen molar-refractivity contribution in [3.63, 3.8) is 0 Å². The fourth-order valence-electron chi connectivity index (χ4n) is 3.98. The number of likely N-dealkylation sites (N-methyl/N-ethyl adjacent to an activating group) is 1. The first-order valence-electron chi connectivity index (χ1n) is 12.4. The fourth-order valence-corrected chi connectivity index (χ4v) is 5.60. The van der Waals surface area contributed by atoms with E-state index in [1.165, 1.54) is 25.2 Å². The smallest absolute Gasteiger partial charge is 0.475 e. The Morgan fingerprint density at radius 1 is 1.16 bits per heavy atom. The molecule has 2 aromatic carbocycles. The van der Waals surface area contributed by atoms with Gasteiger partial charge < -0.3 is 21.4 Å². The van der Waals surface area contributed by atoms with Gasteiger partial charge >= 0.3 is 12.1 Å². The largest absolute Gasteiger partial charge is 0.490 e. The van der Waals surface area contributed by atoms with Crippen molar-refractivity contribution in [2.75, 3.05) is 18.6 Å². The number of allylic oxidation sites excluding steroid dienone is 3. The number of halogens is 4. The van der Waals surface area contributed by atoms with Crippen LogP contribution >= 0.6 is 11.6 Å². The monoisotopic (exact) mass is 695 g/mol. The van der Waals surface area contributed by atoms with E-state index in [1.54, 1.807) is 37.3 Å². The number of nitrogens with two attached hydrogens (primary N) is 2. The molecular weight excluding hydrogens is 667 g/mol. The average molecular weight is 696 g/mol. The van der Waals surface area contributed by atoms with Crippen molar-refractivity contribution in [1.82, 2.24) is 4.31 Å². The summed E-state index contributed by atoms with van der Waals surface area (Å²) in [5, 5.41) is 27.5. The lowest BCUT2D eigenvalue weighted by atomic mass is 9.90. The van der Waals surface area contributed by atoms with Crippen LogP contribution in [0.25, 0.3) is 11.1 Å². The van der Waals surface area contributed by atoms with Gasteiger partial charge in [0.2, 0.25) is 26.0 Å². The van der Waals surface area contributed by atoms with Crippen LogP contribution in [0.2, 0.25) is 5.02 Å². The van der Waals surface area contributed by atoms with E-state index < -0.39 is 44.1 Å². The van der Waals surface area contributed by atoms with E-state index in [0.717, 1.165) is 10.6 Å². The van der Waals surface area contributed by atoms with E-state index in [4.69, 9.17) is 37.6 Å². The van der Waals surface area contributed by atoms with Crippen molar-refractivity contribution in [2.45, 2.75) is 36.9 Å². The van der Waals surface area contributed by atoms with Gasteiger partial charge in [-0.15, -0.1) is 0 Å². The summed E-state index contributed by atoms with van der Waals surface area (Å²) < 4.78 is 81.4. The minimum atomic E-state index is -5.08. The molecule has 7 N–H and O–H groups in total. The number of sulfonamides is 2. The van der Waals surface area contributed by atoms with Gasteiger partial charge in [0.05, 0.1) is 27.6 Å². The van der Waals surface area contributed by atoms with Gasteiger partial charge in [-0.1, -0.05) is 47.1 Å². The number of amides is 1. The molecule has 246 valence electrons. The number of carbonyl (C=O) groups is 2. The third-order valence-electron chi connectivity index (χ3n) is 6.51. The number of rotatable bonds is 8. The van der Waals surface area contributed by atoms with Crippen molar-refractivity contribution in [3.8, 4) is 11.1 Å². The number of carboxylic acid groups (broad SMARTS) is 1. The normalized spacial score (nSPS) is 15.7. The second kappa shape index (κ2) is 14.4. The van der Waals surface area contributed by atoms with Crippen LogP contribution in [0.3, 0.4) is 0 Å². The van der Waals surface area contributed by atoms with Crippen molar-refractivity contribution in [1.29, 1.82) is 0 Å². The van der Waals surface area contributed by atoms with Crippen LogP contribution < -0.4 is 16.2 Å². The number of aliphatic carboxylic acids is 1. The van der Waals surface area contributed by atoms with E-state index in [1.807, 2.05) is 0 Å². The number of nitrogens with one attached hydrogen (secondary N) is 1. The van der Waals surface area contributed by atoms with Gasteiger partial charge in [-0.25, -0.2) is 26.8 Å². The number of alkyl halides is 3. The predicted molar refractivity (Wildman–Crippen MR) is 160 cm³/mol. The summed E-state index contributed by atoms with van der Waals surface area (Å²) >= 11 is 6.43. The topological polar surface area (TPSA) is 223 Å². The lowest BCUT2D eigenvalue weighted by Gasteiger charge is -2.28. The number of benzene rings is 2. The van der Waals surface area contributed by atoms with Gasteiger partial charge in [-0.05, 0) is 48.3 Å². The molecular formula is C26H29ClF3N5O8S2. The Hall–Kier alpha value is -3.97. The highest BCUT2D eigenvalue weighted by Crippen LogP contribution is 2.33. The molecule has 0 saturated heterocycles. The van der Waals surface area contributed by atoms with E-state index in [9.17, 15) is 34.8 Å². The first-order chi connectivity index (χ1) is 20.6. The molecule has 3 rings (SSSR count). The van der Waals surface area contributed by atoms with Crippen LogP contribution in [0.5, 0.6) is 0 Å². The SMILES string of the molecule is CC1=C(N)C(=NO)CC=C1C[C@@H](C(=O)Nc1ccc(-c2ccccc2S(N)(=O)=O)cc1Cl)N(C)S(C)(=O)=O.O=C(O)C(F)(F)F. The molecule has 0 fully saturated rings. The van der Waals surface area contributed by atoms with E-state index in [0.29, 0.717) is 22.3 Å². The summed E-state index contributed by atoms with van der Waals surface area (Å²) in [7, 11) is -6.48. The Kier molecular flexibility index (Phi) is 11.9. The summed E-state index contributed by atoms with van der Waals surface area (Å²) in [6.45, 7) is 1.69. The number of nitrogens with zero attached hydrogens (tertiary/aromatic N) is 2. The lowest BCUT2D eigenvalue weighted by Crippen LogP contribution is -2.45. The van der Waals surface area contributed by atoms with Crippen LogP contribution in [0.15, 0.2) is 75.4 Å². The summed E-state index contributed by atoms with van der Waals surface area (Å²) in [6.07, 6.45) is -2.15. The summed E-state index contributed by atoms with van der Waals surface area (Å²) in [4.78, 5) is 22.2. The second-order valence-electron chi connectivity index (χ2n) is 9.55. The first-order valence-corrected chi connectivity index (χ1v) is 16.2. The van der Waals surface area contributed by atoms with Crippen LogP contribution in [0.1, 0.15) is 19.8 Å². The van der Waals surface area contributed by atoms with E-state index >= 15 is 0 Å². The van der Waals surface area contributed by atoms with Crippen molar-refractivity contribution < 1.29 is 49.9 Å². The Morgan fingerprint density at radius 3 is 2.22 bits per heavy atom. The Labute approximate surface area is 261 Å². The van der Waals surface area contributed by atoms with Crippen LogP contribution in [-0.2, 0) is 29.6 Å². The van der Waals surface area contributed by atoms with Gasteiger partial charge in [-0.2, -0.15) is 17.5 Å². The Bertz CT molecular complexity index is 1790.